The van der Waals surface area contributed by atoms with Crippen LogP contribution in [0.5, 0.6) is 0 Å². The van der Waals surface area contributed by atoms with Crippen LogP contribution >= 0.6 is 0 Å². The van der Waals surface area contributed by atoms with Crippen molar-refractivity contribution < 1.29 is 4.74 Å². The van der Waals surface area contributed by atoms with Crippen molar-refractivity contribution in [2.75, 3.05) is 19.7 Å². The van der Waals surface area contributed by atoms with Crippen LogP contribution in [0.2, 0.25) is 0 Å². The van der Waals surface area contributed by atoms with Gasteiger partial charge in [0, 0.05) is 25.1 Å². The molecule has 3 unspecified atom stereocenters. The fraction of sp³-hybridized carbons (Fsp3) is 0.588. The Balaban J connectivity index is 1.52. The number of aliphatic imine (C=N–C) groups is 1. The van der Waals surface area contributed by atoms with E-state index in [-0.39, 0.29) is 0 Å². The second-order valence-electron chi connectivity index (χ2n) is 5.86. The molecule has 114 valence electrons. The lowest BCUT2D eigenvalue weighted by molar-refractivity contribution is 0.117. The zero-order valence-corrected chi connectivity index (χ0v) is 12.7. The molecule has 1 aromatic rings. The summed E-state index contributed by atoms with van der Waals surface area (Å²) in [4.78, 5) is 4.67. The Morgan fingerprint density at radius 3 is 2.90 bits per heavy atom. The average Bonchev–Trinajstić information content (AvgIpc) is 3.08. The first-order valence-electron chi connectivity index (χ1n) is 8.08. The summed E-state index contributed by atoms with van der Waals surface area (Å²) in [6.45, 7) is 4.64. The summed E-state index contributed by atoms with van der Waals surface area (Å²) in [6, 6.07) is 11.2. The van der Waals surface area contributed by atoms with Gasteiger partial charge in [0.05, 0.1) is 12.6 Å². The average molecular weight is 287 g/mol. The topological polar surface area (TPSA) is 45.7 Å². The minimum Gasteiger partial charge on any atom is -0.376 e. The van der Waals surface area contributed by atoms with Crippen molar-refractivity contribution in [3.05, 3.63) is 35.9 Å². The Labute approximate surface area is 127 Å². The van der Waals surface area contributed by atoms with Crippen LogP contribution in [-0.4, -0.2) is 37.8 Å². The number of guanidine groups is 1. The third kappa shape index (κ3) is 3.97. The monoisotopic (exact) mass is 287 g/mol. The molecule has 2 fully saturated rings. The van der Waals surface area contributed by atoms with Crippen molar-refractivity contribution in [3.63, 3.8) is 0 Å². The predicted octanol–water partition coefficient (Wildman–Crippen LogP) is 2.28. The minimum atomic E-state index is 0.310. The molecule has 1 aromatic carbocycles. The van der Waals surface area contributed by atoms with Gasteiger partial charge in [-0.1, -0.05) is 30.3 Å². The molecule has 2 aliphatic rings. The third-order valence-electron chi connectivity index (χ3n) is 4.16. The molecule has 0 aromatic heterocycles. The summed E-state index contributed by atoms with van der Waals surface area (Å²) in [5.41, 5.74) is 1.42. The molecule has 2 N–H and O–H groups in total. The van der Waals surface area contributed by atoms with Crippen molar-refractivity contribution >= 4 is 5.96 Å². The van der Waals surface area contributed by atoms with Gasteiger partial charge in [-0.15, -0.1) is 0 Å². The summed E-state index contributed by atoms with van der Waals surface area (Å²) in [7, 11) is 0. The second-order valence-corrected chi connectivity index (χ2v) is 5.86. The van der Waals surface area contributed by atoms with Gasteiger partial charge in [-0.25, -0.2) is 0 Å². The molecule has 0 spiro atoms. The number of rotatable bonds is 5. The Kier molecular flexibility index (Phi) is 4.76. The SMILES string of the molecule is CCNC(=NCC1CCCO1)NC1CC1c1ccccc1. The lowest BCUT2D eigenvalue weighted by Gasteiger charge is -2.13. The van der Waals surface area contributed by atoms with Crippen molar-refractivity contribution in [1.29, 1.82) is 0 Å². The first-order valence-corrected chi connectivity index (χ1v) is 8.08. The van der Waals surface area contributed by atoms with E-state index in [0.717, 1.165) is 32.1 Å². The molecular formula is C17H25N3O. The fourth-order valence-corrected chi connectivity index (χ4v) is 2.90. The van der Waals surface area contributed by atoms with Gasteiger partial charge in [-0.2, -0.15) is 0 Å². The number of ether oxygens (including phenoxy) is 1. The van der Waals surface area contributed by atoms with E-state index in [1.165, 1.54) is 18.4 Å². The standard InChI is InChI=1S/C17H25N3O/c1-2-18-17(19-12-14-9-6-10-21-14)20-16-11-15(16)13-7-4-3-5-8-13/h3-5,7-8,14-16H,2,6,9-12H2,1H3,(H2,18,19,20). The van der Waals surface area contributed by atoms with Crippen LogP contribution in [0.25, 0.3) is 0 Å². The molecule has 1 aliphatic carbocycles. The maximum atomic E-state index is 5.63. The second kappa shape index (κ2) is 6.94. The molecule has 1 saturated carbocycles. The number of hydrogen-bond acceptors (Lipinski definition) is 2. The van der Waals surface area contributed by atoms with E-state index in [9.17, 15) is 0 Å². The summed E-state index contributed by atoms with van der Waals surface area (Å²) in [6.07, 6.45) is 3.81. The molecule has 0 amide bonds. The van der Waals surface area contributed by atoms with Crippen molar-refractivity contribution in [3.8, 4) is 0 Å². The van der Waals surface area contributed by atoms with E-state index in [2.05, 4.69) is 52.9 Å². The van der Waals surface area contributed by atoms with Crippen molar-refractivity contribution in [1.82, 2.24) is 10.6 Å². The maximum Gasteiger partial charge on any atom is 0.191 e. The third-order valence-corrected chi connectivity index (χ3v) is 4.16. The summed E-state index contributed by atoms with van der Waals surface area (Å²) in [5.74, 6) is 1.55. The highest BCUT2D eigenvalue weighted by Gasteiger charge is 2.38. The highest BCUT2D eigenvalue weighted by Crippen LogP contribution is 2.40. The van der Waals surface area contributed by atoms with Crippen molar-refractivity contribution in [2.24, 2.45) is 4.99 Å². The Hall–Kier alpha value is -1.55. The highest BCUT2D eigenvalue weighted by atomic mass is 16.5. The molecule has 3 atom stereocenters. The molecule has 1 aliphatic heterocycles. The van der Waals surface area contributed by atoms with E-state index >= 15 is 0 Å². The summed E-state index contributed by atoms with van der Waals surface area (Å²) >= 11 is 0. The Morgan fingerprint density at radius 1 is 1.33 bits per heavy atom. The first-order chi connectivity index (χ1) is 10.4. The maximum absolute atomic E-state index is 5.63. The summed E-state index contributed by atoms with van der Waals surface area (Å²) < 4.78 is 5.63. The molecule has 21 heavy (non-hydrogen) atoms. The normalized spacial score (nSPS) is 28.4. The number of hydrogen-bond donors (Lipinski definition) is 2. The number of nitrogens with zero attached hydrogens (tertiary/aromatic N) is 1. The van der Waals surface area contributed by atoms with E-state index in [1.807, 2.05) is 0 Å². The number of nitrogens with one attached hydrogen (secondary N) is 2. The van der Waals surface area contributed by atoms with E-state index < -0.39 is 0 Å². The van der Waals surface area contributed by atoms with Gasteiger partial charge in [0.2, 0.25) is 0 Å². The Bertz CT molecular complexity index is 468. The van der Waals surface area contributed by atoms with Gasteiger partial charge >= 0.3 is 0 Å². The highest BCUT2D eigenvalue weighted by molar-refractivity contribution is 5.80. The summed E-state index contributed by atoms with van der Waals surface area (Å²) in [5, 5.41) is 6.88. The van der Waals surface area contributed by atoms with Gasteiger partial charge in [-0.3, -0.25) is 4.99 Å². The van der Waals surface area contributed by atoms with Crippen molar-refractivity contribution in [2.45, 2.75) is 44.2 Å². The van der Waals surface area contributed by atoms with Crippen LogP contribution in [0.3, 0.4) is 0 Å². The minimum absolute atomic E-state index is 0.310. The van der Waals surface area contributed by atoms with Gasteiger partial charge in [0.1, 0.15) is 0 Å². The van der Waals surface area contributed by atoms with Gasteiger partial charge in [0.15, 0.2) is 5.96 Å². The van der Waals surface area contributed by atoms with Crippen LogP contribution in [0.15, 0.2) is 35.3 Å². The van der Waals surface area contributed by atoms with Crippen LogP contribution in [0.1, 0.15) is 37.7 Å². The molecular weight excluding hydrogens is 262 g/mol. The lowest BCUT2D eigenvalue weighted by atomic mass is 10.1. The van der Waals surface area contributed by atoms with Crippen LogP contribution in [0.4, 0.5) is 0 Å². The predicted molar refractivity (Wildman–Crippen MR) is 85.7 cm³/mol. The molecule has 4 nitrogen and oxygen atoms in total. The number of benzene rings is 1. The molecule has 1 heterocycles. The molecule has 0 radical (unpaired) electrons. The van der Waals surface area contributed by atoms with E-state index in [0.29, 0.717) is 18.1 Å². The largest absolute Gasteiger partial charge is 0.376 e. The molecule has 4 heteroatoms. The molecule has 1 saturated heterocycles. The van der Waals surface area contributed by atoms with E-state index in [4.69, 9.17) is 4.74 Å². The van der Waals surface area contributed by atoms with E-state index in [1.54, 1.807) is 0 Å². The van der Waals surface area contributed by atoms with Gasteiger partial charge < -0.3 is 15.4 Å². The van der Waals surface area contributed by atoms with Crippen LogP contribution in [-0.2, 0) is 4.74 Å². The van der Waals surface area contributed by atoms with Crippen LogP contribution in [0, 0.1) is 0 Å². The zero-order chi connectivity index (χ0) is 14.5. The fourth-order valence-electron chi connectivity index (χ4n) is 2.90. The lowest BCUT2D eigenvalue weighted by Crippen LogP contribution is -2.39. The van der Waals surface area contributed by atoms with Gasteiger partial charge in [0.25, 0.3) is 0 Å². The first kappa shape index (κ1) is 14.4. The Morgan fingerprint density at radius 2 is 2.19 bits per heavy atom. The quantitative estimate of drug-likeness (QED) is 0.645. The zero-order valence-electron chi connectivity index (χ0n) is 12.7. The molecule has 0 bridgehead atoms. The van der Waals surface area contributed by atoms with Crippen LogP contribution < -0.4 is 10.6 Å². The van der Waals surface area contributed by atoms with Gasteiger partial charge in [-0.05, 0) is 31.7 Å². The molecule has 3 rings (SSSR count). The smallest absolute Gasteiger partial charge is 0.191 e.